The predicted octanol–water partition coefficient (Wildman–Crippen LogP) is 4.15. The van der Waals surface area contributed by atoms with E-state index >= 15 is 0 Å². The Morgan fingerprint density at radius 1 is 0.812 bits per heavy atom. The lowest BCUT2D eigenvalue weighted by Gasteiger charge is -2.03. The summed E-state index contributed by atoms with van der Waals surface area (Å²) >= 11 is 1.76. The largest absolute Gasteiger partial charge is 0.497 e. The molecule has 0 amide bonds. The second kappa shape index (κ2) is 5.08. The zero-order chi connectivity index (χ0) is 11.4. The fourth-order valence-corrected chi connectivity index (χ4v) is 2.20. The Morgan fingerprint density at radius 2 is 1.31 bits per heavy atom. The van der Waals surface area contributed by atoms with Crippen molar-refractivity contribution < 1.29 is 4.74 Å². The molecule has 0 saturated carbocycles. The summed E-state index contributed by atoms with van der Waals surface area (Å²) < 4.78 is 5.13. The van der Waals surface area contributed by atoms with E-state index in [0.29, 0.717) is 0 Å². The molecule has 2 rings (SSSR count). The first-order valence-corrected chi connectivity index (χ1v) is 5.98. The van der Waals surface area contributed by atoms with Crippen molar-refractivity contribution in [1.82, 2.24) is 0 Å². The fraction of sp³-hybridized carbons (Fsp3) is 0.143. The van der Waals surface area contributed by atoms with Crippen molar-refractivity contribution in [3.63, 3.8) is 0 Å². The van der Waals surface area contributed by atoms with E-state index in [4.69, 9.17) is 4.74 Å². The van der Waals surface area contributed by atoms with Crippen LogP contribution in [0.1, 0.15) is 5.56 Å². The molecule has 2 heteroatoms. The van der Waals surface area contributed by atoms with Gasteiger partial charge in [-0.15, -0.1) is 0 Å². The van der Waals surface area contributed by atoms with Gasteiger partial charge in [0.15, 0.2) is 0 Å². The van der Waals surface area contributed by atoms with E-state index in [2.05, 4.69) is 43.3 Å². The monoisotopic (exact) mass is 230 g/mol. The Kier molecular flexibility index (Phi) is 3.52. The van der Waals surface area contributed by atoms with E-state index in [9.17, 15) is 0 Å². The summed E-state index contributed by atoms with van der Waals surface area (Å²) in [4.78, 5) is 2.49. The van der Waals surface area contributed by atoms with Gasteiger partial charge in [0, 0.05) is 9.79 Å². The molecule has 0 atom stereocenters. The van der Waals surface area contributed by atoms with Gasteiger partial charge >= 0.3 is 0 Å². The van der Waals surface area contributed by atoms with Crippen LogP contribution in [0.4, 0.5) is 0 Å². The minimum Gasteiger partial charge on any atom is -0.497 e. The molecular weight excluding hydrogens is 216 g/mol. The van der Waals surface area contributed by atoms with Crippen LogP contribution in [-0.4, -0.2) is 7.11 Å². The zero-order valence-corrected chi connectivity index (χ0v) is 10.3. The van der Waals surface area contributed by atoms with Gasteiger partial charge in [-0.05, 0) is 43.3 Å². The molecule has 0 fully saturated rings. The number of ether oxygens (including phenoxy) is 1. The molecule has 0 aromatic heterocycles. The van der Waals surface area contributed by atoms with Gasteiger partial charge in [0.05, 0.1) is 7.11 Å². The van der Waals surface area contributed by atoms with Crippen LogP contribution in [0.3, 0.4) is 0 Å². The minimum absolute atomic E-state index is 0.897. The van der Waals surface area contributed by atoms with E-state index in [1.165, 1.54) is 15.4 Å². The average Bonchev–Trinajstić information content (AvgIpc) is 2.33. The van der Waals surface area contributed by atoms with Crippen molar-refractivity contribution in [3.05, 3.63) is 54.1 Å². The van der Waals surface area contributed by atoms with Crippen LogP contribution in [0, 0.1) is 6.92 Å². The molecule has 0 N–H and O–H groups in total. The topological polar surface area (TPSA) is 9.23 Å². The molecule has 0 aliphatic rings. The summed E-state index contributed by atoms with van der Waals surface area (Å²) in [6, 6.07) is 16.7. The Morgan fingerprint density at radius 3 is 1.81 bits per heavy atom. The van der Waals surface area contributed by atoms with Gasteiger partial charge in [0.25, 0.3) is 0 Å². The molecular formula is C14H14OS. The van der Waals surface area contributed by atoms with E-state index in [0.717, 1.165) is 5.75 Å². The molecule has 0 bridgehead atoms. The summed E-state index contributed by atoms with van der Waals surface area (Å²) in [5, 5.41) is 0. The molecule has 1 nitrogen and oxygen atoms in total. The summed E-state index contributed by atoms with van der Waals surface area (Å²) in [6.45, 7) is 2.10. The first-order valence-electron chi connectivity index (χ1n) is 5.16. The van der Waals surface area contributed by atoms with Crippen LogP contribution in [0.15, 0.2) is 58.3 Å². The highest BCUT2D eigenvalue weighted by molar-refractivity contribution is 7.99. The van der Waals surface area contributed by atoms with E-state index in [1.54, 1.807) is 18.9 Å². The predicted molar refractivity (Wildman–Crippen MR) is 68.3 cm³/mol. The van der Waals surface area contributed by atoms with Crippen LogP contribution in [-0.2, 0) is 0 Å². The lowest BCUT2D eigenvalue weighted by Crippen LogP contribution is -1.81. The van der Waals surface area contributed by atoms with Gasteiger partial charge in [-0.3, -0.25) is 0 Å². The third kappa shape index (κ3) is 2.80. The molecule has 0 saturated heterocycles. The van der Waals surface area contributed by atoms with Crippen molar-refractivity contribution in [3.8, 4) is 5.75 Å². The van der Waals surface area contributed by atoms with Crippen LogP contribution >= 0.6 is 11.8 Å². The highest BCUT2D eigenvalue weighted by Gasteiger charge is 1.97. The average molecular weight is 230 g/mol. The maximum atomic E-state index is 5.13. The lowest BCUT2D eigenvalue weighted by atomic mass is 10.2. The van der Waals surface area contributed by atoms with Crippen molar-refractivity contribution in [2.24, 2.45) is 0 Å². The smallest absolute Gasteiger partial charge is 0.118 e. The molecule has 16 heavy (non-hydrogen) atoms. The highest BCUT2D eigenvalue weighted by Crippen LogP contribution is 2.28. The first kappa shape index (κ1) is 11.1. The third-order valence-corrected chi connectivity index (χ3v) is 3.33. The van der Waals surface area contributed by atoms with Gasteiger partial charge < -0.3 is 4.74 Å². The molecule has 2 aromatic rings. The van der Waals surface area contributed by atoms with Gasteiger partial charge in [-0.25, -0.2) is 0 Å². The van der Waals surface area contributed by atoms with Gasteiger partial charge in [-0.1, -0.05) is 29.5 Å². The van der Waals surface area contributed by atoms with Gasteiger partial charge in [-0.2, -0.15) is 0 Å². The number of aryl methyl sites for hydroxylation is 1. The second-order valence-corrected chi connectivity index (χ2v) is 4.74. The van der Waals surface area contributed by atoms with Crippen molar-refractivity contribution in [1.29, 1.82) is 0 Å². The molecule has 0 spiro atoms. The Hall–Kier alpha value is -1.41. The maximum absolute atomic E-state index is 5.13. The summed E-state index contributed by atoms with van der Waals surface area (Å²) in [6.07, 6.45) is 0. The number of methoxy groups -OCH3 is 1. The van der Waals surface area contributed by atoms with E-state index in [-0.39, 0.29) is 0 Å². The summed E-state index contributed by atoms with van der Waals surface area (Å²) in [5.41, 5.74) is 1.29. The number of hydrogen-bond acceptors (Lipinski definition) is 2. The normalized spacial score (nSPS) is 10.1. The molecule has 0 aliphatic heterocycles. The Labute approximate surface area is 100 Å². The van der Waals surface area contributed by atoms with Crippen molar-refractivity contribution in [2.75, 3.05) is 7.11 Å². The van der Waals surface area contributed by atoms with E-state index < -0.39 is 0 Å². The third-order valence-electron chi connectivity index (χ3n) is 2.32. The van der Waals surface area contributed by atoms with Crippen LogP contribution < -0.4 is 4.74 Å². The lowest BCUT2D eigenvalue weighted by molar-refractivity contribution is 0.414. The van der Waals surface area contributed by atoms with Crippen LogP contribution in [0.25, 0.3) is 0 Å². The van der Waals surface area contributed by atoms with Crippen molar-refractivity contribution in [2.45, 2.75) is 16.7 Å². The van der Waals surface area contributed by atoms with E-state index in [1.807, 2.05) is 12.1 Å². The van der Waals surface area contributed by atoms with Gasteiger partial charge in [0.2, 0.25) is 0 Å². The SMILES string of the molecule is COc1ccc(Sc2ccc(C)cc2)cc1. The standard InChI is InChI=1S/C14H14OS/c1-11-3-7-13(8-4-11)16-14-9-5-12(15-2)6-10-14/h3-10H,1-2H3. The highest BCUT2D eigenvalue weighted by atomic mass is 32.2. The molecule has 82 valence electrons. The number of benzene rings is 2. The Balaban J connectivity index is 2.11. The van der Waals surface area contributed by atoms with Crippen LogP contribution in [0.5, 0.6) is 5.75 Å². The molecule has 0 aliphatic carbocycles. The summed E-state index contributed by atoms with van der Waals surface area (Å²) in [7, 11) is 1.68. The zero-order valence-electron chi connectivity index (χ0n) is 9.44. The maximum Gasteiger partial charge on any atom is 0.118 e. The fourth-order valence-electron chi connectivity index (χ4n) is 1.39. The number of hydrogen-bond donors (Lipinski definition) is 0. The molecule has 0 heterocycles. The minimum atomic E-state index is 0.897. The quantitative estimate of drug-likeness (QED) is 0.783. The molecule has 0 radical (unpaired) electrons. The second-order valence-electron chi connectivity index (χ2n) is 3.59. The van der Waals surface area contributed by atoms with Crippen molar-refractivity contribution >= 4 is 11.8 Å². The van der Waals surface area contributed by atoms with Crippen LogP contribution in [0.2, 0.25) is 0 Å². The van der Waals surface area contributed by atoms with Gasteiger partial charge in [0.1, 0.15) is 5.75 Å². The summed E-state index contributed by atoms with van der Waals surface area (Å²) in [5.74, 6) is 0.897. The Bertz CT molecular complexity index is 445. The number of rotatable bonds is 3. The first-order chi connectivity index (χ1) is 7.78. The molecule has 0 unspecified atom stereocenters. The molecule has 2 aromatic carbocycles.